The zero-order valence-corrected chi connectivity index (χ0v) is 9.03. The molecule has 0 aliphatic heterocycles. The summed E-state index contributed by atoms with van der Waals surface area (Å²) in [7, 11) is 0. The molecule has 0 unspecified atom stereocenters. The molecule has 0 atom stereocenters. The molecule has 0 bridgehead atoms. The topological polar surface area (TPSA) is 82.8 Å². The summed E-state index contributed by atoms with van der Waals surface area (Å²) in [6, 6.07) is 7.43. The molecule has 0 saturated heterocycles. The van der Waals surface area contributed by atoms with E-state index in [0.717, 1.165) is 5.56 Å². The van der Waals surface area contributed by atoms with Crippen molar-refractivity contribution in [2.24, 2.45) is 0 Å². The first-order chi connectivity index (χ1) is 7.24. The van der Waals surface area contributed by atoms with Gasteiger partial charge in [0.1, 0.15) is 0 Å². The van der Waals surface area contributed by atoms with E-state index < -0.39 is 0 Å². The summed E-state index contributed by atoms with van der Waals surface area (Å²) >= 11 is 1.44. The van der Waals surface area contributed by atoms with Gasteiger partial charge in [-0.2, -0.15) is 0 Å². The number of hydrogen-bond donors (Lipinski definition) is 2. The molecule has 15 heavy (non-hydrogen) atoms. The van der Waals surface area contributed by atoms with Crippen LogP contribution < -0.4 is 11.6 Å². The molecule has 4 N–H and O–H groups in total. The molecule has 0 spiro atoms. The van der Waals surface area contributed by atoms with Gasteiger partial charge in [0, 0.05) is 11.3 Å². The molecular weight excluding hydrogens is 210 g/mol. The van der Waals surface area contributed by atoms with Crippen molar-refractivity contribution in [3.05, 3.63) is 24.3 Å². The van der Waals surface area contributed by atoms with Crippen LogP contribution >= 0.6 is 11.8 Å². The van der Waals surface area contributed by atoms with Crippen molar-refractivity contribution in [1.82, 2.24) is 14.9 Å². The standard InChI is InChI=1S/C9H11N5S/c1-15-9-13-12-8(14(9)11)6-4-2-3-5-7(6)10/h2-5H,10-11H2,1H3. The second-order valence-corrected chi connectivity index (χ2v) is 3.74. The number of nitrogens with two attached hydrogens (primary N) is 2. The Bertz CT molecular complexity index is 479. The largest absolute Gasteiger partial charge is 0.398 e. The van der Waals surface area contributed by atoms with E-state index in [1.807, 2.05) is 30.5 Å². The van der Waals surface area contributed by atoms with Crippen molar-refractivity contribution in [1.29, 1.82) is 0 Å². The molecule has 2 rings (SSSR count). The van der Waals surface area contributed by atoms with Crippen molar-refractivity contribution < 1.29 is 0 Å². The summed E-state index contributed by atoms with van der Waals surface area (Å²) in [5.41, 5.74) is 7.27. The normalized spacial score (nSPS) is 10.5. The van der Waals surface area contributed by atoms with Gasteiger partial charge in [-0.05, 0) is 18.4 Å². The van der Waals surface area contributed by atoms with Gasteiger partial charge in [0.2, 0.25) is 5.16 Å². The first-order valence-corrected chi connectivity index (χ1v) is 5.56. The fourth-order valence-corrected chi connectivity index (χ4v) is 1.71. The Morgan fingerprint density at radius 2 is 2.00 bits per heavy atom. The molecule has 2 aromatic rings. The number of hydrogen-bond acceptors (Lipinski definition) is 5. The minimum absolute atomic E-state index is 0.581. The lowest BCUT2D eigenvalue weighted by Gasteiger charge is -2.04. The third-order valence-corrected chi connectivity index (χ3v) is 2.69. The number of nitrogen functional groups attached to an aromatic ring is 2. The maximum absolute atomic E-state index is 5.83. The van der Waals surface area contributed by atoms with Crippen LogP contribution in [0.15, 0.2) is 29.4 Å². The highest BCUT2D eigenvalue weighted by atomic mass is 32.2. The lowest BCUT2D eigenvalue weighted by atomic mass is 10.2. The van der Waals surface area contributed by atoms with Crippen LogP contribution in [-0.4, -0.2) is 21.1 Å². The highest BCUT2D eigenvalue weighted by molar-refractivity contribution is 7.98. The molecule has 6 heteroatoms. The Morgan fingerprint density at radius 3 is 2.60 bits per heavy atom. The maximum Gasteiger partial charge on any atom is 0.209 e. The average molecular weight is 221 g/mol. The molecule has 0 fully saturated rings. The fourth-order valence-electron chi connectivity index (χ4n) is 1.30. The predicted molar refractivity (Wildman–Crippen MR) is 61.8 cm³/mol. The van der Waals surface area contributed by atoms with E-state index in [9.17, 15) is 0 Å². The predicted octanol–water partition coefficient (Wildman–Crippen LogP) is 0.963. The van der Waals surface area contributed by atoms with E-state index >= 15 is 0 Å². The number of aromatic nitrogens is 3. The van der Waals surface area contributed by atoms with Gasteiger partial charge in [-0.25, -0.2) is 4.68 Å². The van der Waals surface area contributed by atoms with Crippen molar-refractivity contribution >= 4 is 17.4 Å². The van der Waals surface area contributed by atoms with Crippen LogP contribution in [0.5, 0.6) is 0 Å². The van der Waals surface area contributed by atoms with Gasteiger partial charge in [-0.15, -0.1) is 10.2 Å². The molecule has 1 heterocycles. The van der Waals surface area contributed by atoms with Crippen molar-refractivity contribution in [2.45, 2.75) is 5.16 Å². The first kappa shape index (κ1) is 9.85. The third kappa shape index (κ3) is 1.63. The fraction of sp³-hybridized carbons (Fsp3) is 0.111. The summed E-state index contributed by atoms with van der Waals surface area (Å²) in [5.74, 6) is 6.41. The minimum atomic E-state index is 0.581. The van der Waals surface area contributed by atoms with Gasteiger partial charge in [-0.1, -0.05) is 23.9 Å². The summed E-state index contributed by atoms with van der Waals surface area (Å²) in [4.78, 5) is 0. The van der Waals surface area contributed by atoms with E-state index in [4.69, 9.17) is 11.6 Å². The van der Waals surface area contributed by atoms with Gasteiger partial charge < -0.3 is 11.6 Å². The Kier molecular flexibility index (Phi) is 2.51. The zero-order valence-electron chi connectivity index (χ0n) is 8.21. The van der Waals surface area contributed by atoms with Gasteiger partial charge in [0.15, 0.2) is 5.82 Å². The van der Waals surface area contributed by atoms with Gasteiger partial charge in [0.05, 0.1) is 0 Å². The van der Waals surface area contributed by atoms with Crippen LogP contribution in [0.4, 0.5) is 5.69 Å². The van der Waals surface area contributed by atoms with Crippen LogP contribution in [0.25, 0.3) is 11.4 Å². The number of thioether (sulfide) groups is 1. The molecule has 0 aliphatic carbocycles. The second kappa shape index (κ2) is 3.82. The molecule has 0 aliphatic rings. The molecular formula is C9H11N5S. The van der Waals surface area contributed by atoms with Crippen LogP contribution in [0.2, 0.25) is 0 Å². The van der Waals surface area contributed by atoms with E-state index in [1.165, 1.54) is 16.4 Å². The highest BCUT2D eigenvalue weighted by Gasteiger charge is 2.12. The first-order valence-electron chi connectivity index (χ1n) is 4.33. The Balaban J connectivity index is 2.55. The second-order valence-electron chi connectivity index (χ2n) is 2.97. The number of benzene rings is 1. The number of para-hydroxylation sites is 1. The molecule has 0 radical (unpaired) electrons. The van der Waals surface area contributed by atoms with E-state index in [1.54, 1.807) is 0 Å². The lowest BCUT2D eigenvalue weighted by molar-refractivity contribution is 0.852. The number of nitrogens with zero attached hydrogens (tertiary/aromatic N) is 3. The molecule has 0 saturated carbocycles. The number of rotatable bonds is 2. The highest BCUT2D eigenvalue weighted by Crippen LogP contribution is 2.24. The van der Waals surface area contributed by atoms with E-state index in [2.05, 4.69) is 10.2 Å². The Hall–Kier alpha value is -1.69. The van der Waals surface area contributed by atoms with Gasteiger partial charge in [0.25, 0.3) is 0 Å². The summed E-state index contributed by atoms with van der Waals surface area (Å²) in [6.45, 7) is 0. The van der Waals surface area contributed by atoms with Crippen molar-refractivity contribution in [3.63, 3.8) is 0 Å². The van der Waals surface area contributed by atoms with E-state index in [0.29, 0.717) is 16.7 Å². The molecule has 1 aromatic heterocycles. The molecule has 78 valence electrons. The number of anilines is 1. The molecule has 0 amide bonds. The summed E-state index contributed by atoms with van der Waals surface area (Å²) in [6.07, 6.45) is 1.89. The van der Waals surface area contributed by atoms with Crippen molar-refractivity contribution in [2.75, 3.05) is 17.8 Å². The quantitative estimate of drug-likeness (QED) is 0.448. The summed E-state index contributed by atoms with van der Waals surface area (Å²) < 4.78 is 1.44. The van der Waals surface area contributed by atoms with Crippen LogP contribution in [0.1, 0.15) is 0 Å². The Labute approximate surface area is 91.5 Å². The smallest absolute Gasteiger partial charge is 0.209 e. The average Bonchev–Trinajstić information content (AvgIpc) is 2.60. The SMILES string of the molecule is CSc1nnc(-c2ccccc2N)n1N. The van der Waals surface area contributed by atoms with Gasteiger partial charge in [-0.3, -0.25) is 0 Å². The maximum atomic E-state index is 5.83. The molecule has 5 nitrogen and oxygen atoms in total. The van der Waals surface area contributed by atoms with Crippen LogP contribution in [0, 0.1) is 0 Å². The van der Waals surface area contributed by atoms with Crippen LogP contribution in [0.3, 0.4) is 0 Å². The Morgan fingerprint density at radius 1 is 1.27 bits per heavy atom. The third-order valence-electron chi connectivity index (χ3n) is 2.05. The van der Waals surface area contributed by atoms with Crippen LogP contribution in [-0.2, 0) is 0 Å². The zero-order chi connectivity index (χ0) is 10.8. The lowest BCUT2D eigenvalue weighted by Crippen LogP contribution is -2.11. The molecule has 1 aromatic carbocycles. The van der Waals surface area contributed by atoms with Crippen molar-refractivity contribution in [3.8, 4) is 11.4 Å². The summed E-state index contributed by atoms with van der Waals surface area (Å²) in [5, 5.41) is 8.61. The van der Waals surface area contributed by atoms with E-state index in [-0.39, 0.29) is 0 Å². The van der Waals surface area contributed by atoms with Gasteiger partial charge >= 0.3 is 0 Å². The minimum Gasteiger partial charge on any atom is -0.398 e. The monoisotopic (exact) mass is 221 g/mol.